The van der Waals surface area contributed by atoms with Gasteiger partial charge in [-0.25, -0.2) is 4.68 Å². The molecule has 0 unspecified atom stereocenters. The molecule has 0 fully saturated rings. The Hall–Kier alpha value is -2.34. The van der Waals surface area contributed by atoms with Crippen molar-refractivity contribution in [3.63, 3.8) is 0 Å². The number of halogens is 1. The third-order valence-corrected chi connectivity index (χ3v) is 4.78. The number of nitrogens with zero attached hydrogens (tertiary/aromatic N) is 3. The van der Waals surface area contributed by atoms with E-state index in [1.54, 1.807) is 21.7 Å². The summed E-state index contributed by atoms with van der Waals surface area (Å²) in [5.74, 6) is 0.0836. The van der Waals surface area contributed by atoms with E-state index >= 15 is 0 Å². The fourth-order valence-electron chi connectivity index (χ4n) is 2.80. The normalized spacial score (nSPS) is 11.8. The van der Waals surface area contributed by atoms with E-state index in [2.05, 4.69) is 26.1 Å². The van der Waals surface area contributed by atoms with E-state index in [0.717, 1.165) is 11.4 Å². The summed E-state index contributed by atoms with van der Waals surface area (Å²) in [4.78, 5) is 26.8. The minimum Gasteiger partial charge on any atom is -0.331 e. The number of rotatable bonds is 6. The van der Waals surface area contributed by atoms with Crippen LogP contribution in [0.4, 0.5) is 5.82 Å². The van der Waals surface area contributed by atoms with Crippen molar-refractivity contribution < 1.29 is 9.59 Å². The lowest BCUT2D eigenvalue weighted by Gasteiger charge is -2.27. The smallest absolute Gasteiger partial charge is 0.245 e. The van der Waals surface area contributed by atoms with E-state index < -0.39 is 0 Å². The van der Waals surface area contributed by atoms with Gasteiger partial charge in [0.05, 0.1) is 11.4 Å². The monoisotopic (exact) mass is 418 g/mol. The number of amides is 2. The average molecular weight is 419 g/mol. The van der Waals surface area contributed by atoms with Crippen molar-refractivity contribution in [3.8, 4) is 5.69 Å². The molecule has 0 bridgehead atoms. The first kappa shape index (κ1) is 22.9. The molecule has 1 aromatic carbocycles. The Morgan fingerprint density at radius 1 is 1.14 bits per heavy atom. The second-order valence-corrected chi connectivity index (χ2v) is 9.25. The van der Waals surface area contributed by atoms with Crippen LogP contribution in [0.3, 0.4) is 0 Å². The van der Waals surface area contributed by atoms with Crippen LogP contribution in [0.15, 0.2) is 30.3 Å². The average Bonchev–Trinajstić information content (AvgIpc) is 3.03. The Morgan fingerprint density at radius 2 is 1.72 bits per heavy atom. The molecule has 29 heavy (non-hydrogen) atoms. The molecule has 0 spiro atoms. The molecule has 0 atom stereocenters. The Labute approximate surface area is 178 Å². The van der Waals surface area contributed by atoms with Gasteiger partial charge in [-0.15, -0.1) is 0 Å². The number of aromatic nitrogens is 2. The molecule has 0 saturated heterocycles. The van der Waals surface area contributed by atoms with Crippen LogP contribution < -0.4 is 5.32 Å². The SMILES string of the molecule is CC(C)C(=O)N(CC(=O)Nc1cc(C(C)(C)C)nn1-c1ccc(Cl)cc1)C(C)C. The highest BCUT2D eigenvalue weighted by atomic mass is 35.5. The summed E-state index contributed by atoms with van der Waals surface area (Å²) < 4.78 is 1.69. The van der Waals surface area contributed by atoms with Crippen LogP contribution in [-0.4, -0.2) is 39.1 Å². The third kappa shape index (κ3) is 5.82. The zero-order valence-corrected chi connectivity index (χ0v) is 19.0. The van der Waals surface area contributed by atoms with Crippen molar-refractivity contribution in [1.82, 2.24) is 14.7 Å². The first-order valence-electron chi connectivity index (χ1n) is 9.87. The fourth-order valence-corrected chi connectivity index (χ4v) is 2.93. The maximum Gasteiger partial charge on any atom is 0.245 e. The van der Waals surface area contributed by atoms with Crippen LogP contribution in [-0.2, 0) is 15.0 Å². The molecule has 0 aliphatic carbocycles. The number of hydrogen-bond acceptors (Lipinski definition) is 3. The molecule has 158 valence electrons. The Kier molecular flexibility index (Phi) is 7.11. The summed E-state index contributed by atoms with van der Waals surface area (Å²) in [6, 6.07) is 9.06. The summed E-state index contributed by atoms with van der Waals surface area (Å²) in [7, 11) is 0. The molecule has 0 aliphatic rings. The van der Waals surface area contributed by atoms with Crippen LogP contribution in [0, 0.1) is 5.92 Å². The molecular formula is C22H31ClN4O2. The molecule has 0 radical (unpaired) electrons. The van der Waals surface area contributed by atoms with Gasteiger partial charge in [-0.1, -0.05) is 46.2 Å². The van der Waals surface area contributed by atoms with Gasteiger partial charge in [0, 0.05) is 28.5 Å². The van der Waals surface area contributed by atoms with Gasteiger partial charge in [-0.2, -0.15) is 5.10 Å². The highest BCUT2D eigenvalue weighted by Gasteiger charge is 2.25. The summed E-state index contributed by atoms with van der Waals surface area (Å²) in [6.45, 7) is 13.7. The molecular weight excluding hydrogens is 388 g/mol. The largest absolute Gasteiger partial charge is 0.331 e. The predicted molar refractivity (Wildman–Crippen MR) is 118 cm³/mol. The van der Waals surface area contributed by atoms with Crippen LogP contribution in [0.25, 0.3) is 5.69 Å². The van der Waals surface area contributed by atoms with E-state index in [1.807, 2.05) is 45.9 Å². The van der Waals surface area contributed by atoms with Crippen molar-refractivity contribution >= 4 is 29.2 Å². The number of nitrogens with one attached hydrogen (secondary N) is 1. The van der Waals surface area contributed by atoms with E-state index in [1.165, 1.54) is 0 Å². The minimum atomic E-state index is -0.261. The molecule has 6 nitrogen and oxygen atoms in total. The van der Waals surface area contributed by atoms with Gasteiger partial charge in [0.1, 0.15) is 12.4 Å². The highest BCUT2D eigenvalue weighted by Crippen LogP contribution is 2.27. The lowest BCUT2D eigenvalue weighted by molar-refractivity contribution is -0.139. The molecule has 1 aromatic heterocycles. The lowest BCUT2D eigenvalue weighted by Crippen LogP contribution is -2.44. The second kappa shape index (κ2) is 8.99. The summed E-state index contributed by atoms with van der Waals surface area (Å²) in [6.07, 6.45) is 0. The fraction of sp³-hybridized carbons (Fsp3) is 0.500. The maximum absolute atomic E-state index is 12.8. The number of anilines is 1. The van der Waals surface area contributed by atoms with Gasteiger partial charge >= 0.3 is 0 Å². The Bertz CT molecular complexity index is 864. The lowest BCUT2D eigenvalue weighted by atomic mass is 9.92. The van der Waals surface area contributed by atoms with Crippen molar-refractivity contribution in [2.45, 2.75) is 59.9 Å². The molecule has 1 heterocycles. The van der Waals surface area contributed by atoms with Gasteiger partial charge in [0.25, 0.3) is 0 Å². The van der Waals surface area contributed by atoms with E-state index in [-0.39, 0.29) is 35.7 Å². The van der Waals surface area contributed by atoms with Gasteiger partial charge in [-0.3, -0.25) is 9.59 Å². The topological polar surface area (TPSA) is 67.2 Å². The maximum atomic E-state index is 12.8. The van der Waals surface area contributed by atoms with Crippen LogP contribution >= 0.6 is 11.6 Å². The molecule has 1 N–H and O–H groups in total. The first-order chi connectivity index (χ1) is 13.4. The van der Waals surface area contributed by atoms with Crippen molar-refractivity contribution in [1.29, 1.82) is 0 Å². The van der Waals surface area contributed by atoms with Crippen molar-refractivity contribution in [3.05, 3.63) is 41.0 Å². The van der Waals surface area contributed by atoms with Gasteiger partial charge in [-0.05, 0) is 38.1 Å². The molecule has 7 heteroatoms. The van der Waals surface area contributed by atoms with E-state index in [4.69, 9.17) is 16.7 Å². The predicted octanol–water partition coefficient (Wildman–Crippen LogP) is 4.65. The van der Waals surface area contributed by atoms with Crippen LogP contribution in [0.2, 0.25) is 5.02 Å². The Morgan fingerprint density at radius 3 is 2.21 bits per heavy atom. The first-order valence-corrected chi connectivity index (χ1v) is 10.2. The third-order valence-electron chi connectivity index (χ3n) is 4.53. The molecule has 2 rings (SSSR count). The summed E-state index contributed by atoms with van der Waals surface area (Å²) >= 11 is 6.01. The van der Waals surface area contributed by atoms with Gasteiger partial charge in [0.15, 0.2) is 0 Å². The Balaban J connectivity index is 2.33. The van der Waals surface area contributed by atoms with E-state index in [0.29, 0.717) is 10.8 Å². The zero-order valence-electron chi connectivity index (χ0n) is 18.3. The molecule has 2 aromatic rings. The number of carbonyl (C=O) groups excluding carboxylic acids is 2. The standard InChI is InChI=1S/C22H31ClN4O2/c1-14(2)21(29)26(15(3)4)13-20(28)24-19-12-18(22(5,6)7)25-27(19)17-10-8-16(23)9-11-17/h8-12,14-15H,13H2,1-7H3,(H,24,28). The number of hydrogen-bond donors (Lipinski definition) is 1. The van der Waals surface area contributed by atoms with Crippen molar-refractivity contribution in [2.24, 2.45) is 5.92 Å². The van der Waals surface area contributed by atoms with Gasteiger partial charge in [0.2, 0.25) is 11.8 Å². The minimum absolute atomic E-state index is 0.00860. The highest BCUT2D eigenvalue weighted by molar-refractivity contribution is 6.30. The summed E-state index contributed by atoms with van der Waals surface area (Å²) in [5, 5.41) is 8.25. The zero-order chi connectivity index (χ0) is 21.9. The number of carbonyl (C=O) groups is 2. The van der Waals surface area contributed by atoms with Crippen molar-refractivity contribution in [2.75, 3.05) is 11.9 Å². The van der Waals surface area contributed by atoms with E-state index in [9.17, 15) is 9.59 Å². The molecule has 0 saturated carbocycles. The number of benzene rings is 1. The van der Waals surface area contributed by atoms with Gasteiger partial charge < -0.3 is 10.2 Å². The molecule has 0 aliphatic heterocycles. The second-order valence-electron chi connectivity index (χ2n) is 8.82. The molecule has 2 amide bonds. The quantitative estimate of drug-likeness (QED) is 0.742. The summed E-state index contributed by atoms with van der Waals surface area (Å²) in [5.41, 5.74) is 1.45. The van der Waals surface area contributed by atoms with Crippen LogP contribution in [0.1, 0.15) is 54.2 Å². The van der Waals surface area contributed by atoms with Crippen LogP contribution in [0.5, 0.6) is 0 Å².